The van der Waals surface area contributed by atoms with Gasteiger partial charge in [0.2, 0.25) is 5.91 Å². The average molecular weight is 367 g/mol. The Morgan fingerprint density at radius 3 is 2.37 bits per heavy atom. The van der Waals surface area contributed by atoms with Crippen LogP contribution in [0.25, 0.3) is 0 Å². The Bertz CT molecular complexity index is 709. The summed E-state index contributed by atoms with van der Waals surface area (Å²) in [4.78, 5) is 15.0. The number of rotatable bonds is 7. The zero-order chi connectivity index (χ0) is 19.1. The van der Waals surface area contributed by atoms with Crippen molar-refractivity contribution in [3.63, 3.8) is 0 Å². The number of benzene rings is 2. The molecule has 1 amide bonds. The van der Waals surface area contributed by atoms with Crippen molar-refractivity contribution in [3.05, 3.63) is 71.3 Å². The minimum Gasteiger partial charge on any atom is -0.379 e. The highest BCUT2D eigenvalue weighted by Gasteiger charge is 2.23. The molecule has 1 N–H and O–H groups in total. The molecule has 2 unspecified atom stereocenters. The van der Waals surface area contributed by atoms with E-state index in [4.69, 9.17) is 4.74 Å². The molecule has 1 fully saturated rings. The molecule has 1 heterocycles. The van der Waals surface area contributed by atoms with Crippen molar-refractivity contribution in [1.29, 1.82) is 0 Å². The Hall–Kier alpha value is -2.17. The van der Waals surface area contributed by atoms with Crippen molar-refractivity contribution in [3.8, 4) is 0 Å². The van der Waals surface area contributed by atoms with Crippen LogP contribution in [0, 0.1) is 6.92 Å². The van der Waals surface area contributed by atoms with E-state index in [1.54, 1.807) is 0 Å². The minimum atomic E-state index is 0.108. The molecule has 2 atom stereocenters. The first kappa shape index (κ1) is 19.6. The molecule has 3 rings (SSSR count). The summed E-state index contributed by atoms with van der Waals surface area (Å²) < 4.78 is 5.50. The summed E-state index contributed by atoms with van der Waals surface area (Å²) in [6.07, 6.45) is 0.508. The van der Waals surface area contributed by atoms with Crippen LogP contribution in [-0.4, -0.2) is 43.7 Å². The van der Waals surface area contributed by atoms with Gasteiger partial charge in [0.05, 0.1) is 19.3 Å². The van der Waals surface area contributed by atoms with E-state index in [2.05, 4.69) is 60.5 Å². The van der Waals surface area contributed by atoms with Crippen LogP contribution in [0.3, 0.4) is 0 Å². The quantitative estimate of drug-likeness (QED) is 0.813. The summed E-state index contributed by atoms with van der Waals surface area (Å²) in [5.74, 6) is 0.323. The average Bonchev–Trinajstić information content (AvgIpc) is 2.71. The highest BCUT2D eigenvalue weighted by atomic mass is 16.5. The Balaban J connectivity index is 1.61. The maximum Gasteiger partial charge on any atom is 0.220 e. The summed E-state index contributed by atoms with van der Waals surface area (Å²) in [6.45, 7) is 8.13. The number of carbonyl (C=O) groups is 1. The second kappa shape index (κ2) is 9.67. The number of nitrogens with zero attached hydrogens (tertiary/aromatic N) is 1. The predicted molar refractivity (Wildman–Crippen MR) is 109 cm³/mol. The van der Waals surface area contributed by atoms with Gasteiger partial charge >= 0.3 is 0 Å². The van der Waals surface area contributed by atoms with Crippen molar-refractivity contribution in [2.24, 2.45) is 0 Å². The van der Waals surface area contributed by atoms with Gasteiger partial charge in [0, 0.05) is 26.1 Å². The third-order valence-corrected chi connectivity index (χ3v) is 5.30. The van der Waals surface area contributed by atoms with Crippen LogP contribution in [0.1, 0.15) is 42.0 Å². The van der Waals surface area contributed by atoms with Gasteiger partial charge in [-0.3, -0.25) is 9.69 Å². The zero-order valence-corrected chi connectivity index (χ0v) is 16.4. The van der Waals surface area contributed by atoms with E-state index in [0.717, 1.165) is 26.3 Å². The van der Waals surface area contributed by atoms with Gasteiger partial charge in [0.1, 0.15) is 0 Å². The minimum absolute atomic E-state index is 0.108. The van der Waals surface area contributed by atoms with Crippen molar-refractivity contribution in [2.45, 2.75) is 32.2 Å². The molecule has 0 radical (unpaired) electrons. The Morgan fingerprint density at radius 1 is 1.04 bits per heavy atom. The van der Waals surface area contributed by atoms with E-state index in [1.807, 2.05) is 18.2 Å². The molecule has 0 aromatic heterocycles. The fraction of sp³-hybridized carbons (Fsp3) is 0.435. The fourth-order valence-corrected chi connectivity index (χ4v) is 3.60. The van der Waals surface area contributed by atoms with Gasteiger partial charge in [-0.1, -0.05) is 67.1 Å². The van der Waals surface area contributed by atoms with Gasteiger partial charge in [0.15, 0.2) is 0 Å². The van der Waals surface area contributed by atoms with Crippen molar-refractivity contribution < 1.29 is 9.53 Å². The molecule has 1 aliphatic rings. The molecular weight excluding hydrogens is 336 g/mol. The fourth-order valence-electron chi connectivity index (χ4n) is 3.60. The number of hydrogen-bond acceptors (Lipinski definition) is 3. The van der Waals surface area contributed by atoms with E-state index >= 15 is 0 Å². The second-order valence-electron chi connectivity index (χ2n) is 7.39. The summed E-state index contributed by atoms with van der Waals surface area (Å²) in [5.41, 5.74) is 3.70. The van der Waals surface area contributed by atoms with E-state index < -0.39 is 0 Å². The van der Waals surface area contributed by atoms with Crippen molar-refractivity contribution in [1.82, 2.24) is 10.2 Å². The maximum absolute atomic E-state index is 12.5. The monoisotopic (exact) mass is 366 g/mol. The first-order valence-electron chi connectivity index (χ1n) is 9.83. The highest BCUT2D eigenvalue weighted by molar-refractivity contribution is 5.76. The van der Waals surface area contributed by atoms with E-state index in [1.165, 1.54) is 16.7 Å². The number of amides is 1. The lowest BCUT2D eigenvalue weighted by molar-refractivity contribution is -0.121. The largest absolute Gasteiger partial charge is 0.379 e. The van der Waals surface area contributed by atoms with Crippen LogP contribution in [0.2, 0.25) is 0 Å². The summed E-state index contributed by atoms with van der Waals surface area (Å²) in [6, 6.07) is 19.0. The Labute approximate surface area is 162 Å². The van der Waals surface area contributed by atoms with Gasteiger partial charge in [-0.2, -0.15) is 0 Å². The molecule has 0 saturated carbocycles. The molecule has 1 aliphatic heterocycles. The normalized spacial score (nSPS) is 17.3. The topological polar surface area (TPSA) is 41.6 Å². The number of nitrogens with one attached hydrogen (secondary N) is 1. The van der Waals surface area contributed by atoms with Crippen molar-refractivity contribution >= 4 is 5.91 Å². The van der Waals surface area contributed by atoms with E-state index in [0.29, 0.717) is 13.0 Å². The molecule has 144 valence electrons. The number of morpholine rings is 1. The summed E-state index contributed by atoms with van der Waals surface area (Å²) in [5, 5.41) is 3.17. The highest BCUT2D eigenvalue weighted by Crippen LogP contribution is 2.23. The molecule has 2 aromatic rings. The third kappa shape index (κ3) is 5.65. The standard InChI is InChI=1S/C23H30N2O2/c1-18-8-10-21(11-9-18)22(25-12-14-27-15-13-25)17-24-23(26)16-19(2)20-6-4-3-5-7-20/h3-11,19,22H,12-17H2,1-2H3,(H,24,26). The van der Waals surface area contributed by atoms with Crippen LogP contribution in [0.15, 0.2) is 54.6 Å². The molecule has 0 spiro atoms. The van der Waals surface area contributed by atoms with Gasteiger partial charge in [-0.15, -0.1) is 0 Å². The lowest BCUT2D eigenvalue weighted by atomic mass is 9.97. The number of aryl methyl sites for hydroxylation is 1. The van der Waals surface area contributed by atoms with Crippen LogP contribution in [0.4, 0.5) is 0 Å². The van der Waals surface area contributed by atoms with E-state index in [-0.39, 0.29) is 17.9 Å². The summed E-state index contributed by atoms with van der Waals surface area (Å²) in [7, 11) is 0. The molecule has 2 aromatic carbocycles. The van der Waals surface area contributed by atoms with Crippen molar-refractivity contribution in [2.75, 3.05) is 32.8 Å². The van der Waals surface area contributed by atoms with Crippen LogP contribution >= 0.6 is 0 Å². The van der Waals surface area contributed by atoms with E-state index in [9.17, 15) is 4.79 Å². The summed E-state index contributed by atoms with van der Waals surface area (Å²) >= 11 is 0. The first-order valence-corrected chi connectivity index (χ1v) is 9.83. The SMILES string of the molecule is Cc1ccc(C(CNC(=O)CC(C)c2ccccc2)N2CCOCC2)cc1. The third-order valence-electron chi connectivity index (χ3n) is 5.30. The smallest absolute Gasteiger partial charge is 0.220 e. The first-order chi connectivity index (χ1) is 13.1. The Morgan fingerprint density at radius 2 is 1.70 bits per heavy atom. The molecule has 4 heteroatoms. The van der Waals surface area contributed by atoms with Crippen LogP contribution in [0.5, 0.6) is 0 Å². The molecule has 1 saturated heterocycles. The molecule has 0 bridgehead atoms. The maximum atomic E-state index is 12.5. The number of carbonyl (C=O) groups excluding carboxylic acids is 1. The lowest BCUT2D eigenvalue weighted by Gasteiger charge is -2.35. The number of hydrogen-bond donors (Lipinski definition) is 1. The predicted octanol–water partition coefficient (Wildman–Crippen LogP) is 3.68. The zero-order valence-electron chi connectivity index (χ0n) is 16.4. The molecule has 27 heavy (non-hydrogen) atoms. The van der Waals surface area contributed by atoms with Gasteiger partial charge in [-0.25, -0.2) is 0 Å². The van der Waals surface area contributed by atoms with Gasteiger partial charge in [0.25, 0.3) is 0 Å². The lowest BCUT2D eigenvalue weighted by Crippen LogP contribution is -2.43. The van der Waals surface area contributed by atoms with Gasteiger partial charge < -0.3 is 10.1 Å². The second-order valence-corrected chi connectivity index (χ2v) is 7.39. The molecular formula is C23H30N2O2. The molecule has 4 nitrogen and oxygen atoms in total. The molecule has 0 aliphatic carbocycles. The number of ether oxygens (including phenoxy) is 1. The van der Waals surface area contributed by atoms with Crippen LogP contribution in [-0.2, 0) is 9.53 Å². The Kier molecular flexibility index (Phi) is 7.02. The van der Waals surface area contributed by atoms with Gasteiger partial charge in [-0.05, 0) is 24.0 Å². The van der Waals surface area contributed by atoms with Crippen LogP contribution < -0.4 is 5.32 Å².